The lowest BCUT2D eigenvalue weighted by Crippen LogP contribution is -2.46. The second-order valence-electron chi connectivity index (χ2n) is 15.2. The number of ether oxygens (including phenoxy) is 1. The molecule has 7 rings (SSSR count). The summed E-state index contributed by atoms with van der Waals surface area (Å²) in [5.41, 5.74) is 0.109. The zero-order chi connectivity index (χ0) is 40.5. The van der Waals surface area contributed by atoms with Crippen LogP contribution in [0.4, 0.5) is 0 Å². The van der Waals surface area contributed by atoms with Crippen molar-refractivity contribution in [2.45, 2.75) is 103 Å². The van der Waals surface area contributed by atoms with Crippen molar-refractivity contribution in [2.24, 2.45) is 0 Å². The Balaban J connectivity index is 1.66. The van der Waals surface area contributed by atoms with Crippen molar-refractivity contribution in [3.63, 3.8) is 0 Å². The average Bonchev–Trinajstić information content (AvgIpc) is 3.17. The van der Waals surface area contributed by atoms with Gasteiger partial charge in [-0.1, -0.05) is 39.8 Å². The highest BCUT2D eigenvalue weighted by Crippen LogP contribution is 2.52. The summed E-state index contributed by atoms with van der Waals surface area (Å²) < 4.78 is 6.58. The standard InChI is InChI=1S/C43H45N3O9S/c1-8-21(9-2)45-38(49)25-15-13-24-35-31(56-18-29(42(53)54)44-20(5)48)17-28-33-26(39(50)46(41(28)52)22(10-3)11-4)14-12-23(37(33)35)34-30(55-43(6,7)19-47)16-27(40(45)51)32(25)36(24)34/h12-17,21-22,29,47H,8-11,18-19H2,1-7H3,(H,44,48)(H,53,54). The number of aliphatic carboxylic acids is 1. The number of aliphatic hydroxyl groups excluding tert-OH is 1. The van der Waals surface area contributed by atoms with Gasteiger partial charge in [0.2, 0.25) is 5.91 Å². The number of amides is 5. The molecule has 0 saturated carbocycles. The van der Waals surface area contributed by atoms with Gasteiger partial charge in [0.15, 0.2) is 0 Å². The zero-order valence-corrected chi connectivity index (χ0v) is 33.3. The van der Waals surface area contributed by atoms with E-state index >= 15 is 0 Å². The van der Waals surface area contributed by atoms with Crippen LogP contribution in [0.2, 0.25) is 0 Å². The van der Waals surface area contributed by atoms with Gasteiger partial charge in [0.1, 0.15) is 17.4 Å². The van der Waals surface area contributed by atoms with E-state index in [1.54, 1.807) is 50.2 Å². The average molecular weight is 780 g/mol. The number of aliphatic hydroxyl groups is 1. The third-order valence-electron chi connectivity index (χ3n) is 11.3. The largest absolute Gasteiger partial charge is 0.485 e. The molecule has 5 aromatic rings. The predicted octanol–water partition coefficient (Wildman–Crippen LogP) is 7.14. The Labute approximate surface area is 327 Å². The van der Waals surface area contributed by atoms with Crippen LogP contribution in [-0.4, -0.2) is 91.6 Å². The summed E-state index contributed by atoms with van der Waals surface area (Å²) in [4.78, 5) is 85.1. The smallest absolute Gasteiger partial charge is 0.327 e. The van der Waals surface area contributed by atoms with Crippen molar-refractivity contribution in [3.05, 3.63) is 58.7 Å². The number of thioether (sulfide) groups is 1. The minimum atomic E-state index is -1.26. The third-order valence-corrected chi connectivity index (χ3v) is 12.4. The molecule has 0 spiro atoms. The van der Waals surface area contributed by atoms with Crippen molar-refractivity contribution in [3.8, 4) is 5.75 Å². The number of carbonyl (C=O) groups excluding carboxylic acids is 5. The molecule has 0 saturated heterocycles. The summed E-state index contributed by atoms with van der Waals surface area (Å²) in [5.74, 6) is -3.33. The molecule has 0 bridgehead atoms. The van der Waals surface area contributed by atoms with Crippen LogP contribution in [-0.2, 0) is 9.59 Å². The fourth-order valence-corrected chi connectivity index (χ4v) is 9.65. The van der Waals surface area contributed by atoms with Crippen molar-refractivity contribution in [2.75, 3.05) is 12.4 Å². The first-order valence-corrected chi connectivity index (χ1v) is 20.1. The first kappa shape index (κ1) is 39.0. The number of carboxylic acid groups (broad SMARTS) is 1. The lowest BCUT2D eigenvalue weighted by Gasteiger charge is -2.35. The fourth-order valence-electron chi connectivity index (χ4n) is 8.52. The quantitative estimate of drug-likeness (QED) is 0.0456. The van der Waals surface area contributed by atoms with E-state index in [9.17, 15) is 39.0 Å². The van der Waals surface area contributed by atoms with Crippen molar-refractivity contribution < 1.29 is 43.7 Å². The molecule has 0 aromatic heterocycles. The molecule has 0 aliphatic carbocycles. The number of carbonyl (C=O) groups is 6. The molecular formula is C43H45N3O9S. The van der Waals surface area contributed by atoms with Crippen LogP contribution in [0.1, 0.15) is 116 Å². The number of rotatable bonds is 14. The van der Waals surface area contributed by atoms with Gasteiger partial charge in [0.25, 0.3) is 23.6 Å². The normalized spacial score (nSPS) is 15.1. The van der Waals surface area contributed by atoms with Crippen LogP contribution in [0.3, 0.4) is 0 Å². The molecule has 1 atom stereocenters. The van der Waals surface area contributed by atoms with Crippen LogP contribution in [0, 0.1) is 0 Å². The van der Waals surface area contributed by atoms with Gasteiger partial charge in [0.05, 0.1) is 12.2 Å². The molecule has 13 heteroatoms. The highest BCUT2D eigenvalue weighted by Gasteiger charge is 2.41. The van der Waals surface area contributed by atoms with E-state index in [0.717, 1.165) is 11.8 Å². The zero-order valence-electron chi connectivity index (χ0n) is 32.5. The van der Waals surface area contributed by atoms with E-state index in [-0.39, 0.29) is 41.3 Å². The van der Waals surface area contributed by atoms with Gasteiger partial charge < -0.3 is 20.3 Å². The van der Waals surface area contributed by atoms with Crippen LogP contribution in [0.25, 0.3) is 43.1 Å². The van der Waals surface area contributed by atoms with Crippen molar-refractivity contribution in [1.29, 1.82) is 0 Å². The number of nitrogens with zero attached hydrogens (tertiary/aromatic N) is 2. The topological polar surface area (TPSA) is 171 Å². The Hall–Kier alpha value is -5.27. The van der Waals surface area contributed by atoms with E-state index in [1.165, 1.54) is 16.7 Å². The lowest BCUT2D eigenvalue weighted by atomic mass is 9.81. The fraction of sp³-hybridized carbons (Fsp3) is 0.395. The molecule has 5 amide bonds. The van der Waals surface area contributed by atoms with Crippen molar-refractivity contribution in [1.82, 2.24) is 15.1 Å². The Bertz CT molecular complexity index is 2520. The monoisotopic (exact) mass is 779 g/mol. The number of fused-ring (bicyclic) bond motifs is 2. The maximum absolute atomic E-state index is 14.5. The SMILES string of the molecule is CCC(CC)N1C(=O)c2ccc3c4c(SCC(NC(C)=O)C(=O)O)cc5c6c(ccc(c7c(OC(C)(C)CO)cc(c2c37)C1=O)c64)C(=O)N(C(CC)CC)C5=O. The van der Waals surface area contributed by atoms with E-state index in [1.807, 2.05) is 27.7 Å². The van der Waals surface area contributed by atoms with Gasteiger partial charge in [-0.05, 0) is 74.6 Å². The predicted molar refractivity (Wildman–Crippen MR) is 215 cm³/mol. The minimum Gasteiger partial charge on any atom is -0.485 e. The molecule has 12 nitrogen and oxygen atoms in total. The molecule has 3 N–H and O–H groups in total. The van der Waals surface area contributed by atoms with Crippen LogP contribution < -0.4 is 10.1 Å². The number of imide groups is 2. The Kier molecular flexibility index (Phi) is 9.99. The minimum absolute atomic E-state index is 0.0974. The molecule has 2 heterocycles. The number of nitrogens with one attached hydrogen (secondary N) is 1. The molecule has 56 heavy (non-hydrogen) atoms. The first-order valence-electron chi connectivity index (χ1n) is 19.1. The molecule has 5 aromatic carbocycles. The maximum atomic E-state index is 14.5. The van der Waals surface area contributed by atoms with E-state index in [2.05, 4.69) is 5.32 Å². The highest BCUT2D eigenvalue weighted by molar-refractivity contribution is 7.99. The van der Waals surface area contributed by atoms with Gasteiger partial charge in [0, 0.05) is 78.7 Å². The van der Waals surface area contributed by atoms with Crippen LogP contribution in [0.5, 0.6) is 5.75 Å². The summed E-state index contributed by atoms with van der Waals surface area (Å²) in [5, 5.41) is 27.2. The molecule has 0 radical (unpaired) electrons. The second kappa shape index (κ2) is 14.3. The lowest BCUT2D eigenvalue weighted by molar-refractivity contribution is -0.140. The van der Waals surface area contributed by atoms with Gasteiger partial charge in [-0.15, -0.1) is 11.8 Å². The van der Waals surface area contributed by atoms with Gasteiger partial charge in [-0.2, -0.15) is 0 Å². The molecule has 2 aliphatic heterocycles. The summed E-state index contributed by atoms with van der Waals surface area (Å²) in [7, 11) is 0. The number of benzene rings is 5. The van der Waals surface area contributed by atoms with E-state index < -0.39 is 47.1 Å². The van der Waals surface area contributed by atoms with E-state index in [4.69, 9.17) is 4.74 Å². The van der Waals surface area contributed by atoms with Gasteiger partial charge in [-0.25, -0.2) is 4.79 Å². The Morgan fingerprint density at radius 3 is 1.64 bits per heavy atom. The van der Waals surface area contributed by atoms with Gasteiger partial charge in [-0.3, -0.25) is 33.8 Å². The number of hydrogen-bond acceptors (Lipinski definition) is 9. The van der Waals surface area contributed by atoms with Crippen LogP contribution in [0.15, 0.2) is 41.3 Å². The highest BCUT2D eigenvalue weighted by atomic mass is 32.2. The van der Waals surface area contributed by atoms with Gasteiger partial charge >= 0.3 is 5.97 Å². The summed E-state index contributed by atoms with van der Waals surface area (Å²) in [6.07, 6.45) is 2.22. The molecule has 2 aliphatic rings. The third kappa shape index (κ3) is 5.85. The Morgan fingerprint density at radius 1 is 0.714 bits per heavy atom. The van der Waals surface area contributed by atoms with E-state index in [0.29, 0.717) is 84.8 Å². The second-order valence-corrected chi connectivity index (χ2v) is 16.3. The number of hydrogen-bond donors (Lipinski definition) is 3. The summed E-state index contributed by atoms with van der Waals surface area (Å²) in [6, 6.07) is 8.37. The summed E-state index contributed by atoms with van der Waals surface area (Å²) in [6.45, 7) is 12.0. The molecule has 1 unspecified atom stereocenters. The number of carboxylic acids is 1. The first-order chi connectivity index (χ1) is 26.6. The molecule has 292 valence electrons. The molecule has 0 fully saturated rings. The Morgan fingerprint density at radius 2 is 1.18 bits per heavy atom. The molecular weight excluding hydrogens is 735 g/mol. The van der Waals surface area contributed by atoms with Crippen molar-refractivity contribution >= 4 is 90.4 Å². The maximum Gasteiger partial charge on any atom is 0.327 e. The van der Waals surface area contributed by atoms with Crippen LogP contribution >= 0.6 is 11.8 Å². The summed E-state index contributed by atoms with van der Waals surface area (Å²) >= 11 is 1.15.